The molecule has 0 aromatic heterocycles. The second kappa shape index (κ2) is 15.8. The number of esters is 1. The van der Waals surface area contributed by atoms with E-state index < -0.39 is 41.3 Å². The topological polar surface area (TPSA) is 82.1 Å². The lowest BCUT2D eigenvalue weighted by Gasteiger charge is -2.16. The van der Waals surface area contributed by atoms with E-state index in [1.165, 1.54) is 31.4 Å². The summed E-state index contributed by atoms with van der Waals surface area (Å²) in [5.41, 5.74) is 2.67. The van der Waals surface area contributed by atoms with Crippen LogP contribution in [-0.4, -0.2) is 30.6 Å². The molecule has 8 rings (SSSR count). The number of carbonyl (C=O) groups excluding carboxylic acids is 2. The molecule has 6 nitrogen and oxygen atoms in total. The average Bonchev–Trinajstić information content (AvgIpc) is 3.93. The maximum absolute atomic E-state index is 12.9. The van der Waals surface area contributed by atoms with E-state index in [1.54, 1.807) is 12.1 Å². The van der Waals surface area contributed by atoms with Gasteiger partial charge in [0.05, 0.1) is 42.9 Å². The van der Waals surface area contributed by atoms with Crippen molar-refractivity contribution in [2.45, 2.75) is 81.6 Å². The molecule has 4 aromatic carbocycles. The Balaban J connectivity index is 0.000000159. The largest absolute Gasteiger partial charge is 0.492 e. The number of halogens is 9. The van der Waals surface area contributed by atoms with Crippen LogP contribution in [-0.2, 0) is 47.3 Å². The zero-order valence-electron chi connectivity index (χ0n) is 29.7. The molecule has 298 valence electrons. The molecule has 1 aliphatic heterocycles. The van der Waals surface area contributed by atoms with Crippen molar-refractivity contribution in [2.24, 2.45) is 0 Å². The zero-order valence-corrected chi connectivity index (χ0v) is 29.7. The van der Waals surface area contributed by atoms with Gasteiger partial charge >= 0.3 is 24.5 Å². The van der Waals surface area contributed by atoms with Gasteiger partial charge < -0.3 is 19.3 Å². The van der Waals surface area contributed by atoms with Gasteiger partial charge in [0.15, 0.2) is 5.78 Å². The molecule has 0 spiro atoms. The van der Waals surface area contributed by atoms with E-state index in [2.05, 4.69) is 0 Å². The van der Waals surface area contributed by atoms with Crippen LogP contribution in [0.1, 0.15) is 104 Å². The Kier molecular flexibility index (Phi) is 11.5. The Hall–Kier alpha value is -5.05. The van der Waals surface area contributed by atoms with Crippen molar-refractivity contribution >= 4 is 11.8 Å². The smallest absolute Gasteiger partial charge is 0.416 e. The number of rotatable bonds is 4. The number of methoxy groups -OCH3 is 1. The second-order valence-electron chi connectivity index (χ2n) is 13.8. The van der Waals surface area contributed by atoms with Crippen LogP contribution in [0.15, 0.2) is 72.8 Å². The lowest BCUT2D eigenvalue weighted by atomic mass is 9.98. The monoisotopic (exact) mass is 794 g/mol. The summed E-state index contributed by atoms with van der Waals surface area (Å²) in [5, 5.41) is 9.39. The van der Waals surface area contributed by atoms with E-state index in [4.69, 9.17) is 14.2 Å². The van der Waals surface area contributed by atoms with Crippen LogP contribution < -0.4 is 9.47 Å². The highest BCUT2D eigenvalue weighted by Crippen LogP contribution is 2.43. The van der Waals surface area contributed by atoms with Crippen LogP contribution in [0.5, 0.6) is 11.5 Å². The van der Waals surface area contributed by atoms with Gasteiger partial charge in [-0.2, -0.15) is 39.5 Å². The molecule has 3 aliphatic carbocycles. The standard InChI is InChI=1S/C21H19F3O4.C10H9F3O.C10H7F3O/c1-26-20(25)9-13-11-27-19-10-15(4-6-17(13)19)28-18-7-2-12-8-14(21(22,23)24)3-5-16(12)18;2*11-10(12,13)7-2-3-8-6(5-7)1-4-9(8)14/h3-6,8,10,13,18H,2,7,9,11H2,1H3;2-3,5,9,14H,1,4H2;2-3,5H,1,4H2/t13-,18-;9-;/m10./s1. The molecule has 0 unspecified atom stereocenters. The quantitative estimate of drug-likeness (QED) is 0.164. The molecule has 0 bridgehead atoms. The van der Waals surface area contributed by atoms with Gasteiger partial charge in [0, 0.05) is 29.5 Å². The van der Waals surface area contributed by atoms with E-state index in [0.717, 1.165) is 41.5 Å². The average molecular weight is 795 g/mol. The number of aryl methyl sites for hydroxylation is 3. The van der Waals surface area contributed by atoms with Crippen molar-refractivity contribution in [3.05, 3.63) is 128 Å². The fraction of sp³-hybridized carbons (Fsp3) is 0.366. The first-order valence-electron chi connectivity index (χ1n) is 17.6. The number of hydrogen-bond donors (Lipinski definition) is 1. The number of hydrogen-bond acceptors (Lipinski definition) is 6. The van der Waals surface area contributed by atoms with Gasteiger partial charge in [-0.05, 0) is 102 Å². The number of benzene rings is 4. The minimum absolute atomic E-state index is 0.0514. The minimum atomic E-state index is -4.34. The van der Waals surface area contributed by atoms with Gasteiger partial charge in [0.2, 0.25) is 0 Å². The zero-order chi connectivity index (χ0) is 40.6. The molecule has 56 heavy (non-hydrogen) atoms. The Bertz CT molecular complexity index is 2100. The summed E-state index contributed by atoms with van der Waals surface area (Å²) in [7, 11) is 1.35. The second-order valence-corrected chi connectivity index (χ2v) is 13.8. The third-order valence-electron chi connectivity index (χ3n) is 10.1. The maximum Gasteiger partial charge on any atom is 0.416 e. The molecular formula is C41H35F9O6. The number of aliphatic hydroxyl groups excluding tert-OH is 1. The highest BCUT2D eigenvalue weighted by Gasteiger charge is 2.35. The predicted molar refractivity (Wildman–Crippen MR) is 183 cm³/mol. The summed E-state index contributed by atoms with van der Waals surface area (Å²) in [6, 6.07) is 16.1. The Morgan fingerprint density at radius 2 is 1.25 bits per heavy atom. The molecule has 0 saturated heterocycles. The van der Waals surface area contributed by atoms with E-state index in [9.17, 15) is 54.2 Å². The maximum atomic E-state index is 12.9. The molecule has 4 aromatic rings. The van der Waals surface area contributed by atoms with Gasteiger partial charge in [-0.25, -0.2) is 0 Å². The number of ether oxygens (including phenoxy) is 3. The van der Waals surface area contributed by atoms with E-state index in [-0.39, 0.29) is 30.2 Å². The Morgan fingerprint density at radius 3 is 1.88 bits per heavy atom. The molecule has 15 heteroatoms. The highest BCUT2D eigenvalue weighted by atomic mass is 19.4. The molecule has 1 N–H and O–H groups in total. The summed E-state index contributed by atoms with van der Waals surface area (Å²) < 4.78 is 129. The molecule has 4 aliphatic rings. The van der Waals surface area contributed by atoms with E-state index >= 15 is 0 Å². The number of ketones is 1. The number of Topliss-reactive ketones (excluding diaryl/α,β-unsaturated/α-hetero) is 1. The van der Waals surface area contributed by atoms with Gasteiger partial charge in [-0.15, -0.1) is 0 Å². The van der Waals surface area contributed by atoms with Crippen LogP contribution >= 0.6 is 0 Å². The molecular weight excluding hydrogens is 759 g/mol. The van der Waals surface area contributed by atoms with Crippen LogP contribution in [0.25, 0.3) is 0 Å². The van der Waals surface area contributed by atoms with Crippen molar-refractivity contribution in [2.75, 3.05) is 13.7 Å². The SMILES string of the molecule is COC(=O)C[C@@H]1COc2cc(O[C@@H]3CCc4cc(C(F)(F)F)ccc43)ccc21.O=C1CCc2cc(C(F)(F)F)ccc21.O[C@H]1CCc2cc(C(F)(F)F)ccc21. The number of alkyl halides is 9. The third-order valence-corrected chi connectivity index (χ3v) is 10.1. The fourth-order valence-corrected chi connectivity index (χ4v) is 7.23. The molecule has 0 saturated carbocycles. The summed E-state index contributed by atoms with van der Waals surface area (Å²) in [6.07, 6.45) is -10.6. The molecule has 0 fully saturated rings. The van der Waals surface area contributed by atoms with Gasteiger partial charge in [0.25, 0.3) is 0 Å². The Labute approximate surface area is 315 Å². The van der Waals surface area contributed by atoms with Gasteiger partial charge in [-0.1, -0.05) is 24.3 Å². The summed E-state index contributed by atoms with van der Waals surface area (Å²) in [6.45, 7) is 0.403. The minimum Gasteiger partial charge on any atom is -0.492 e. The normalized spacial score (nSPS) is 19.3. The molecule has 3 atom stereocenters. The highest BCUT2D eigenvalue weighted by molar-refractivity contribution is 6.00. The van der Waals surface area contributed by atoms with Crippen molar-refractivity contribution in [3.8, 4) is 11.5 Å². The summed E-state index contributed by atoms with van der Waals surface area (Å²) in [4.78, 5) is 22.6. The van der Waals surface area contributed by atoms with Crippen molar-refractivity contribution < 1.29 is 68.4 Å². The number of carbonyl (C=O) groups is 2. The van der Waals surface area contributed by atoms with Crippen molar-refractivity contribution in [1.29, 1.82) is 0 Å². The number of aliphatic hydroxyl groups is 1. The van der Waals surface area contributed by atoms with Crippen molar-refractivity contribution in [3.63, 3.8) is 0 Å². The lowest BCUT2D eigenvalue weighted by Crippen LogP contribution is -2.09. The molecule has 0 radical (unpaired) electrons. The van der Waals surface area contributed by atoms with Crippen LogP contribution in [0.3, 0.4) is 0 Å². The fourth-order valence-electron chi connectivity index (χ4n) is 7.23. The van der Waals surface area contributed by atoms with Crippen LogP contribution in [0.4, 0.5) is 39.5 Å². The first-order chi connectivity index (χ1) is 26.3. The Morgan fingerprint density at radius 1 is 0.696 bits per heavy atom. The molecule has 1 heterocycles. The molecule has 0 amide bonds. The first kappa shape index (κ1) is 40.6. The van der Waals surface area contributed by atoms with Gasteiger partial charge in [0.1, 0.15) is 17.6 Å². The summed E-state index contributed by atoms with van der Waals surface area (Å²) in [5.74, 6) is 0.855. The van der Waals surface area contributed by atoms with Crippen molar-refractivity contribution in [1.82, 2.24) is 0 Å². The van der Waals surface area contributed by atoms with E-state index in [1.807, 2.05) is 6.07 Å². The predicted octanol–water partition coefficient (Wildman–Crippen LogP) is 10.3. The third kappa shape index (κ3) is 9.14. The van der Waals surface area contributed by atoms with Gasteiger partial charge in [-0.3, -0.25) is 9.59 Å². The first-order valence-corrected chi connectivity index (χ1v) is 17.6. The van der Waals surface area contributed by atoms with Crippen LogP contribution in [0.2, 0.25) is 0 Å². The number of fused-ring (bicyclic) bond motifs is 4. The summed E-state index contributed by atoms with van der Waals surface area (Å²) >= 11 is 0. The lowest BCUT2D eigenvalue weighted by molar-refractivity contribution is -0.141. The van der Waals surface area contributed by atoms with E-state index in [0.29, 0.717) is 84.4 Å². The van der Waals surface area contributed by atoms with Crippen LogP contribution in [0, 0.1) is 0 Å².